The molecule has 3 heteroatoms. The molecule has 0 spiro atoms. The maximum absolute atomic E-state index is 12.0. The number of hydrogen-bond acceptors (Lipinski definition) is 2. The molecule has 0 fully saturated rings. The average Bonchev–Trinajstić information content (AvgIpc) is 2.37. The van der Waals surface area contributed by atoms with Gasteiger partial charge in [-0.05, 0) is 38.8 Å². The quantitative estimate of drug-likeness (QED) is 0.868. The van der Waals surface area contributed by atoms with E-state index in [1.807, 2.05) is 33.0 Å². The number of aryl methyl sites for hydroxylation is 1. The Hall–Kier alpha value is -1.35. The van der Waals surface area contributed by atoms with Crippen LogP contribution < -0.4 is 5.32 Å². The van der Waals surface area contributed by atoms with Crippen molar-refractivity contribution in [3.8, 4) is 0 Å². The van der Waals surface area contributed by atoms with Crippen LogP contribution in [-0.2, 0) is 4.79 Å². The van der Waals surface area contributed by atoms with Crippen molar-refractivity contribution in [3.05, 3.63) is 35.4 Å². The number of nitrogens with zero attached hydrogens (tertiary/aromatic N) is 1. The first-order chi connectivity index (χ1) is 8.47. The second-order valence-electron chi connectivity index (χ2n) is 4.82. The lowest BCUT2D eigenvalue weighted by Crippen LogP contribution is -2.43. The monoisotopic (exact) mass is 248 g/mol. The maximum atomic E-state index is 12.0. The largest absolute Gasteiger partial charge is 0.345 e. The van der Waals surface area contributed by atoms with Gasteiger partial charge in [-0.1, -0.05) is 24.3 Å². The highest BCUT2D eigenvalue weighted by Gasteiger charge is 2.19. The van der Waals surface area contributed by atoms with Gasteiger partial charge in [0.25, 0.3) is 0 Å². The third-order valence-corrected chi connectivity index (χ3v) is 3.38. The van der Waals surface area contributed by atoms with Gasteiger partial charge in [0.1, 0.15) is 0 Å². The first kappa shape index (κ1) is 14.7. The SMILES string of the molecule is CCN(C)C(=O)C(C)NC(C)c1ccccc1C. The highest BCUT2D eigenvalue weighted by atomic mass is 16.2. The topological polar surface area (TPSA) is 32.3 Å². The standard InChI is InChI=1S/C15H24N2O/c1-6-17(5)15(18)13(4)16-12(3)14-10-8-7-9-11(14)2/h7-10,12-13,16H,6H2,1-5H3. The number of nitrogens with one attached hydrogen (secondary N) is 1. The molecular formula is C15H24N2O. The van der Waals surface area contributed by atoms with E-state index < -0.39 is 0 Å². The molecule has 1 aromatic carbocycles. The van der Waals surface area contributed by atoms with Gasteiger partial charge in [0.15, 0.2) is 0 Å². The fraction of sp³-hybridized carbons (Fsp3) is 0.533. The number of rotatable bonds is 5. The molecule has 0 heterocycles. The van der Waals surface area contributed by atoms with E-state index in [-0.39, 0.29) is 18.0 Å². The summed E-state index contributed by atoms with van der Waals surface area (Å²) in [6.45, 7) is 8.83. The Labute approximate surface area is 110 Å². The molecule has 0 aliphatic heterocycles. The molecule has 0 aliphatic carbocycles. The summed E-state index contributed by atoms with van der Waals surface area (Å²) < 4.78 is 0. The molecule has 0 aromatic heterocycles. The normalized spacial score (nSPS) is 14.1. The predicted octanol–water partition coefficient (Wildman–Crippen LogP) is 2.51. The van der Waals surface area contributed by atoms with Crippen LogP contribution in [0.4, 0.5) is 0 Å². The second-order valence-corrected chi connectivity index (χ2v) is 4.82. The van der Waals surface area contributed by atoms with Gasteiger partial charge in [0.05, 0.1) is 6.04 Å². The fourth-order valence-electron chi connectivity index (χ4n) is 2.10. The Morgan fingerprint density at radius 3 is 2.50 bits per heavy atom. The number of hydrogen-bond donors (Lipinski definition) is 1. The average molecular weight is 248 g/mol. The molecule has 0 saturated heterocycles. The van der Waals surface area contributed by atoms with Crippen molar-refractivity contribution in [3.63, 3.8) is 0 Å². The van der Waals surface area contributed by atoms with E-state index in [1.165, 1.54) is 11.1 Å². The summed E-state index contributed by atoms with van der Waals surface area (Å²) in [5.74, 6) is 0.137. The van der Waals surface area contributed by atoms with Crippen LogP contribution in [0.2, 0.25) is 0 Å². The summed E-state index contributed by atoms with van der Waals surface area (Å²) in [5.41, 5.74) is 2.50. The molecule has 100 valence electrons. The van der Waals surface area contributed by atoms with Gasteiger partial charge in [-0.2, -0.15) is 0 Å². The molecule has 1 rings (SSSR count). The molecule has 0 bridgehead atoms. The van der Waals surface area contributed by atoms with Crippen LogP contribution in [0, 0.1) is 6.92 Å². The van der Waals surface area contributed by atoms with E-state index in [2.05, 4.69) is 31.3 Å². The van der Waals surface area contributed by atoms with Gasteiger partial charge in [-0.15, -0.1) is 0 Å². The molecule has 18 heavy (non-hydrogen) atoms. The summed E-state index contributed by atoms with van der Waals surface area (Å²) in [5, 5.41) is 3.36. The van der Waals surface area contributed by atoms with Crippen molar-refractivity contribution < 1.29 is 4.79 Å². The van der Waals surface area contributed by atoms with Crippen molar-refractivity contribution in [1.29, 1.82) is 0 Å². The molecular weight excluding hydrogens is 224 g/mol. The van der Waals surface area contributed by atoms with Gasteiger partial charge < -0.3 is 4.90 Å². The molecule has 0 radical (unpaired) electrons. The van der Waals surface area contributed by atoms with Gasteiger partial charge in [0.2, 0.25) is 5.91 Å². The lowest BCUT2D eigenvalue weighted by atomic mass is 10.0. The Morgan fingerprint density at radius 1 is 1.33 bits per heavy atom. The summed E-state index contributed by atoms with van der Waals surface area (Å²) in [7, 11) is 1.83. The Kier molecular flexibility index (Phi) is 5.35. The van der Waals surface area contributed by atoms with Gasteiger partial charge in [0, 0.05) is 19.6 Å². The van der Waals surface area contributed by atoms with Crippen molar-refractivity contribution in [2.45, 2.75) is 39.8 Å². The Balaban J connectivity index is 2.68. The number of carbonyl (C=O) groups is 1. The van der Waals surface area contributed by atoms with Crippen molar-refractivity contribution in [2.24, 2.45) is 0 Å². The minimum absolute atomic E-state index is 0.137. The van der Waals surface area contributed by atoms with Crippen molar-refractivity contribution >= 4 is 5.91 Å². The highest BCUT2D eigenvalue weighted by Crippen LogP contribution is 2.17. The van der Waals surface area contributed by atoms with Gasteiger partial charge >= 0.3 is 0 Å². The third kappa shape index (κ3) is 3.57. The molecule has 0 saturated carbocycles. The summed E-state index contributed by atoms with van der Waals surface area (Å²) in [6.07, 6.45) is 0. The van der Waals surface area contributed by atoms with E-state index in [4.69, 9.17) is 0 Å². The lowest BCUT2D eigenvalue weighted by Gasteiger charge is -2.24. The number of amides is 1. The first-order valence-corrected chi connectivity index (χ1v) is 6.54. The third-order valence-electron chi connectivity index (χ3n) is 3.38. The number of likely N-dealkylation sites (N-methyl/N-ethyl adjacent to an activating group) is 1. The van der Waals surface area contributed by atoms with Crippen molar-refractivity contribution in [1.82, 2.24) is 10.2 Å². The van der Waals surface area contributed by atoms with E-state index in [0.717, 1.165) is 6.54 Å². The Bertz CT molecular complexity index is 403. The second kappa shape index (κ2) is 6.55. The smallest absolute Gasteiger partial charge is 0.239 e. The van der Waals surface area contributed by atoms with E-state index in [0.29, 0.717) is 0 Å². The van der Waals surface area contributed by atoms with E-state index in [1.54, 1.807) is 4.90 Å². The summed E-state index contributed by atoms with van der Waals surface area (Å²) in [6, 6.07) is 8.28. The lowest BCUT2D eigenvalue weighted by molar-refractivity contribution is -0.131. The zero-order chi connectivity index (χ0) is 13.7. The van der Waals surface area contributed by atoms with Crippen molar-refractivity contribution in [2.75, 3.05) is 13.6 Å². The van der Waals surface area contributed by atoms with Gasteiger partial charge in [-0.3, -0.25) is 10.1 Å². The van der Waals surface area contributed by atoms with Crippen LogP contribution in [0.25, 0.3) is 0 Å². The minimum Gasteiger partial charge on any atom is -0.345 e. The summed E-state index contributed by atoms with van der Waals surface area (Å²) in [4.78, 5) is 13.7. The van der Waals surface area contributed by atoms with E-state index in [9.17, 15) is 4.79 Å². The molecule has 1 aromatic rings. The molecule has 3 nitrogen and oxygen atoms in total. The summed E-state index contributed by atoms with van der Waals surface area (Å²) >= 11 is 0. The molecule has 1 N–H and O–H groups in total. The zero-order valence-electron chi connectivity index (χ0n) is 12.0. The zero-order valence-corrected chi connectivity index (χ0v) is 12.0. The maximum Gasteiger partial charge on any atom is 0.239 e. The molecule has 2 unspecified atom stereocenters. The number of carbonyl (C=O) groups excluding carboxylic acids is 1. The molecule has 2 atom stereocenters. The predicted molar refractivity (Wildman–Crippen MR) is 75.5 cm³/mol. The highest BCUT2D eigenvalue weighted by molar-refractivity contribution is 5.81. The van der Waals surface area contributed by atoms with Crippen LogP contribution >= 0.6 is 0 Å². The fourth-order valence-corrected chi connectivity index (χ4v) is 2.10. The Morgan fingerprint density at radius 2 is 1.94 bits per heavy atom. The van der Waals surface area contributed by atoms with Crippen LogP contribution in [0.15, 0.2) is 24.3 Å². The van der Waals surface area contributed by atoms with Crippen LogP contribution in [0.5, 0.6) is 0 Å². The molecule has 0 aliphatic rings. The minimum atomic E-state index is -0.162. The van der Waals surface area contributed by atoms with Crippen LogP contribution in [0.1, 0.15) is 37.9 Å². The first-order valence-electron chi connectivity index (χ1n) is 6.54. The van der Waals surface area contributed by atoms with Crippen LogP contribution in [0.3, 0.4) is 0 Å². The number of benzene rings is 1. The van der Waals surface area contributed by atoms with Crippen LogP contribution in [-0.4, -0.2) is 30.4 Å². The van der Waals surface area contributed by atoms with Gasteiger partial charge in [-0.25, -0.2) is 0 Å². The van der Waals surface area contributed by atoms with E-state index >= 15 is 0 Å². The molecule has 1 amide bonds.